The van der Waals surface area contributed by atoms with Crippen molar-refractivity contribution in [3.8, 4) is 0 Å². The maximum atomic E-state index is 12.4. The van der Waals surface area contributed by atoms with E-state index in [0.29, 0.717) is 0 Å². The Balaban J connectivity index is 2.31. The number of rotatable bonds is 5. The zero-order chi connectivity index (χ0) is 17.0. The Kier molecular flexibility index (Phi) is 5.58. The second-order valence-corrected chi connectivity index (χ2v) is 5.74. The van der Waals surface area contributed by atoms with E-state index in [9.17, 15) is 9.59 Å². The number of halogens is 2. The minimum atomic E-state index is -1.02. The molecular formula is C16H14Cl2N2O3. The van der Waals surface area contributed by atoms with Crippen LogP contribution in [-0.2, 0) is 4.79 Å². The summed E-state index contributed by atoms with van der Waals surface area (Å²) in [5.74, 6) is -1.60. The number of benzene rings is 1. The smallest absolute Gasteiger partial charge is 0.305 e. The number of carboxylic acid groups (broad SMARTS) is 1. The molecule has 1 amide bonds. The van der Waals surface area contributed by atoms with E-state index < -0.39 is 17.9 Å². The first kappa shape index (κ1) is 17.2. The first-order valence-corrected chi connectivity index (χ1v) is 7.54. The van der Waals surface area contributed by atoms with Crippen LogP contribution in [0.1, 0.15) is 34.1 Å². The SMILES string of the molecule is Cc1ccccc1[C@H](CC(=O)O)NC(=O)c1nc(Cl)ccc1Cl. The molecule has 7 heteroatoms. The molecule has 23 heavy (non-hydrogen) atoms. The minimum Gasteiger partial charge on any atom is -0.481 e. The van der Waals surface area contributed by atoms with Crippen molar-refractivity contribution in [3.63, 3.8) is 0 Å². The molecular weight excluding hydrogens is 339 g/mol. The van der Waals surface area contributed by atoms with E-state index in [1.807, 2.05) is 19.1 Å². The van der Waals surface area contributed by atoms with E-state index >= 15 is 0 Å². The molecule has 0 aliphatic heterocycles. The van der Waals surface area contributed by atoms with Gasteiger partial charge < -0.3 is 10.4 Å². The second-order valence-electron chi connectivity index (χ2n) is 4.94. The highest BCUT2D eigenvalue weighted by Gasteiger charge is 2.22. The van der Waals surface area contributed by atoms with Gasteiger partial charge in [0.05, 0.1) is 17.5 Å². The summed E-state index contributed by atoms with van der Waals surface area (Å²) in [4.78, 5) is 27.4. The zero-order valence-corrected chi connectivity index (χ0v) is 13.7. The van der Waals surface area contributed by atoms with Crippen molar-refractivity contribution in [3.05, 3.63) is 63.4 Å². The number of carbonyl (C=O) groups excluding carboxylic acids is 1. The number of amides is 1. The van der Waals surface area contributed by atoms with Crippen LogP contribution in [-0.4, -0.2) is 22.0 Å². The molecule has 2 rings (SSSR count). The largest absolute Gasteiger partial charge is 0.481 e. The highest BCUT2D eigenvalue weighted by molar-refractivity contribution is 6.34. The second kappa shape index (κ2) is 7.44. The van der Waals surface area contributed by atoms with Gasteiger partial charge in [-0.1, -0.05) is 47.5 Å². The molecule has 1 atom stereocenters. The van der Waals surface area contributed by atoms with Gasteiger partial charge in [-0.05, 0) is 30.2 Å². The summed E-state index contributed by atoms with van der Waals surface area (Å²) >= 11 is 11.7. The Morgan fingerprint density at radius 2 is 1.91 bits per heavy atom. The number of aromatic nitrogens is 1. The van der Waals surface area contributed by atoms with Crippen molar-refractivity contribution in [1.29, 1.82) is 0 Å². The maximum absolute atomic E-state index is 12.4. The summed E-state index contributed by atoms with van der Waals surface area (Å²) in [5, 5.41) is 12.0. The predicted molar refractivity (Wildman–Crippen MR) is 87.9 cm³/mol. The normalized spacial score (nSPS) is 11.8. The van der Waals surface area contributed by atoms with Gasteiger partial charge in [0, 0.05) is 0 Å². The summed E-state index contributed by atoms with van der Waals surface area (Å²) < 4.78 is 0. The van der Waals surface area contributed by atoms with Gasteiger partial charge in [-0.25, -0.2) is 4.98 Å². The fourth-order valence-electron chi connectivity index (χ4n) is 2.20. The molecule has 0 spiro atoms. The molecule has 1 heterocycles. The van der Waals surface area contributed by atoms with Crippen LogP contribution in [0.25, 0.3) is 0 Å². The standard InChI is InChI=1S/C16H14Cl2N2O3/c1-9-4-2-3-5-10(9)12(8-14(21)22)19-16(23)15-11(17)6-7-13(18)20-15/h2-7,12H,8H2,1H3,(H,19,23)(H,21,22)/t12-/m0/s1. The van der Waals surface area contributed by atoms with Crippen LogP contribution in [0, 0.1) is 6.92 Å². The van der Waals surface area contributed by atoms with E-state index in [-0.39, 0.29) is 22.3 Å². The molecule has 0 unspecified atom stereocenters. The van der Waals surface area contributed by atoms with Crippen LogP contribution in [0.4, 0.5) is 0 Å². The first-order chi connectivity index (χ1) is 10.9. The van der Waals surface area contributed by atoms with Crippen LogP contribution >= 0.6 is 23.2 Å². The average molecular weight is 353 g/mol. The number of carboxylic acids is 1. The third kappa shape index (κ3) is 4.43. The number of nitrogens with one attached hydrogen (secondary N) is 1. The lowest BCUT2D eigenvalue weighted by atomic mass is 9.98. The van der Waals surface area contributed by atoms with Crippen LogP contribution in [0.2, 0.25) is 10.2 Å². The van der Waals surface area contributed by atoms with E-state index in [1.54, 1.807) is 12.1 Å². The van der Waals surface area contributed by atoms with Gasteiger partial charge in [0.2, 0.25) is 0 Å². The lowest BCUT2D eigenvalue weighted by molar-refractivity contribution is -0.137. The Bertz CT molecular complexity index is 750. The maximum Gasteiger partial charge on any atom is 0.305 e. The molecule has 0 aliphatic rings. The molecule has 2 N–H and O–H groups in total. The van der Waals surface area contributed by atoms with Gasteiger partial charge in [0.15, 0.2) is 0 Å². The molecule has 5 nitrogen and oxygen atoms in total. The van der Waals surface area contributed by atoms with E-state index in [1.165, 1.54) is 12.1 Å². The predicted octanol–water partition coefficient (Wildman–Crippen LogP) is 3.64. The van der Waals surface area contributed by atoms with Crippen molar-refractivity contribution in [1.82, 2.24) is 10.3 Å². The summed E-state index contributed by atoms with van der Waals surface area (Å²) in [6.07, 6.45) is -0.255. The molecule has 0 radical (unpaired) electrons. The fraction of sp³-hybridized carbons (Fsp3) is 0.188. The zero-order valence-electron chi connectivity index (χ0n) is 12.2. The van der Waals surface area contributed by atoms with Crippen molar-refractivity contribution >= 4 is 35.1 Å². The third-order valence-electron chi connectivity index (χ3n) is 3.28. The quantitative estimate of drug-likeness (QED) is 0.805. The van der Waals surface area contributed by atoms with Crippen LogP contribution in [0.5, 0.6) is 0 Å². The number of aryl methyl sites for hydroxylation is 1. The molecule has 0 saturated carbocycles. The summed E-state index contributed by atoms with van der Waals surface area (Å²) in [6.45, 7) is 1.85. The van der Waals surface area contributed by atoms with Crippen molar-refractivity contribution in [2.24, 2.45) is 0 Å². The van der Waals surface area contributed by atoms with Gasteiger partial charge >= 0.3 is 5.97 Å². The van der Waals surface area contributed by atoms with Gasteiger partial charge in [0.25, 0.3) is 5.91 Å². The Morgan fingerprint density at radius 3 is 2.57 bits per heavy atom. The van der Waals surface area contributed by atoms with Crippen LogP contribution in [0.15, 0.2) is 36.4 Å². The van der Waals surface area contributed by atoms with Crippen molar-refractivity contribution < 1.29 is 14.7 Å². The Hall–Kier alpha value is -2.11. The molecule has 120 valence electrons. The molecule has 0 aliphatic carbocycles. The lowest BCUT2D eigenvalue weighted by Gasteiger charge is -2.19. The summed E-state index contributed by atoms with van der Waals surface area (Å²) in [6, 6.07) is 9.49. The highest BCUT2D eigenvalue weighted by atomic mass is 35.5. The summed E-state index contributed by atoms with van der Waals surface area (Å²) in [7, 11) is 0. The first-order valence-electron chi connectivity index (χ1n) is 6.78. The average Bonchev–Trinajstić information content (AvgIpc) is 2.49. The highest BCUT2D eigenvalue weighted by Crippen LogP contribution is 2.23. The van der Waals surface area contributed by atoms with Crippen LogP contribution in [0.3, 0.4) is 0 Å². The molecule has 2 aromatic rings. The molecule has 0 bridgehead atoms. The molecule has 0 fully saturated rings. The monoisotopic (exact) mass is 352 g/mol. The van der Waals surface area contributed by atoms with E-state index in [0.717, 1.165) is 11.1 Å². The number of hydrogen-bond donors (Lipinski definition) is 2. The van der Waals surface area contributed by atoms with Crippen molar-refractivity contribution in [2.45, 2.75) is 19.4 Å². The lowest BCUT2D eigenvalue weighted by Crippen LogP contribution is -2.31. The number of nitrogens with zero attached hydrogens (tertiary/aromatic N) is 1. The van der Waals surface area contributed by atoms with Gasteiger partial charge in [-0.2, -0.15) is 0 Å². The summed E-state index contributed by atoms with van der Waals surface area (Å²) in [5.41, 5.74) is 1.56. The number of hydrogen-bond acceptors (Lipinski definition) is 3. The van der Waals surface area contributed by atoms with Gasteiger partial charge in [-0.3, -0.25) is 9.59 Å². The number of aliphatic carboxylic acids is 1. The molecule has 1 aromatic heterocycles. The van der Waals surface area contributed by atoms with Crippen LogP contribution < -0.4 is 5.32 Å². The number of pyridine rings is 1. The van der Waals surface area contributed by atoms with E-state index in [4.69, 9.17) is 28.3 Å². The Labute approximate surface area is 143 Å². The van der Waals surface area contributed by atoms with E-state index in [2.05, 4.69) is 10.3 Å². The molecule has 1 aromatic carbocycles. The minimum absolute atomic E-state index is 0.0388. The third-order valence-corrected chi connectivity index (χ3v) is 3.79. The topological polar surface area (TPSA) is 79.3 Å². The number of carbonyl (C=O) groups is 2. The van der Waals surface area contributed by atoms with Gasteiger partial charge in [0.1, 0.15) is 10.8 Å². The fourth-order valence-corrected chi connectivity index (χ4v) is 2.53. The molecule has 0 saturated heterocycles. The van der Waals surface area contributed by atoms with Crippen molar-refractivity contribution in [2.75, 3.05) is 0 Å². The van der Waals surface area contributed by atoms with Gasteiger partial charge in [-0.15, -0.1) is 0 Å². The Morgan fingerprint density at radius 1 is 1.22 bits per heavy atom.